The summed E-state index contributed by atoms with van der Waals surface area (Å²) in [6.07, 6.45) is 0.916. The summed E-state index contributed by atoms with van der Waals surface area (Å²) < 4.78 is 28.5. The molecule has 1 amide bonds. The van der Waals surface area contributed by atoms with Crippen LogP contribution in [0.25, 0.3) is 0 Å². The molecule has 0 spiro atoms. The van der Waals surface area contributed by atoms with E-state index in [9.17, 15) is 18.3 Å². The molecule has 1 aromatic carbocycles. The van der Waals surface area contributed by atoms with Gasteiger partial charge in [-0.15, -0.1) is 0 Å². The van der Waals surface area contributed by atoms with Gasteiger partial charge in [0.25, 0.3) is 5.91 Å². The van der Waals surface area contributed by atoms with E-state index in [0.29, 0.717) is 37.5 Å². The number of likely N-dealkylation sites (tertiary alicyclic amines) is 1. The molecule has 0 unspecified atom stereocenters. The molecular weight excluding hydrogens is 380 g/mol. The number of aliphatic hydroxyl groups excluding tert-OH is 1. The van der Waals surface area contributed by atoms with Gasteiger partial charge < -0.3 is 19.6 Å². The Morgan fingerprint density at radius 1 is 1.21 bits per heavy atom. The molecule has 2 aliphatic heterocycles. The zero-order chi connectivity index (χ0) is 20.3. The molecule has 2 heterocycles. The maximum Gasteiger partial charge on any atom is 0.254 e. The van der Waals surface area contributed by atoms with Crippen molar-refractivity contribution in [2.45, 2.75) is 19.4 Å². The van der Waals surface area contributed by atoms with E-state index in [2.05, 4.69) is 11.8 Å². The zero-order valence-corrected chi connectivity index (χ0v) is 17.4. The first kappa shape index (κ1) is 21.1. The highest BCUT2D eigenvalue weighted by molar-refractivity contribution is 7.91. The van der Waals surface area contributed by atoms with Gasteiger partial charge in [0.15, 0.2) is 9.84 Å². The van der Waals surface area contributed by atoms with Gasteiger partial charge in [0.1, 0.15) is 5.75 Å². The highest BCUT2D eigenvalue weighted by atomic mass is 32.2. The highest BCUT2D eigenvalue weighted by Gasteiger charge is 2.43. The van der Waals surface area contributed by atoms with Crippen LogP contribution in [-0.2, 0) is 9.84 Å². The van der Waals surface area contributed by atoms with Gasteiger partial charge in [-0.2, -0.15) is 0 Å². The van der Waals surface area contributed by atoms with Crippen LogP contribution in [0.1, 0.15) is 23.7 Å². The zero-order valence-electron chi connectivity index (χ0n) is 16.6. The van der Waals surface area contributed by atoms with E-state index in [4.69, 9.17) is 4.74 Å². The van der Waals surface area contributed by atoms with Gasteiger partial charge >= 0.3 is 0 Å². The Morgan fingerprint density at radius 3 is 2.39 bits per heavy atom. The fraction of sp³-hybridized carbons (Fsp3) is 0.650. The van der Waals surface area contributed by atoms with Gasteiger partial charge in [-0.1, -0.05) is 13.3 Å². The number of methoxy groups -OCH3 is 1. The second-order valence-electron chi connectivity index (χ2n) is 7.72. The standard InChI is InChI=1S/C20H30N2O5S/c1-3-15-12-22(20(24)16-4-6-17(27-2)7-5-16)19(14-23)18(15)13-21-8-10-28(25,26)11-9-21/h4-7,15,18-19,23H,3,8-14H2,1-2H3/t15-,18-,19-/m1/s1. The van der Waals surface area contributed by atoms with Crippen molar-refractivity contribution in [1.82, 2.24) is 9.80 Å². The molecule has 0 saturated carbocycles. The number of rotatable bonds is 6. The fourth-order valence-corrected chi connectivity index (χ4v) is 5.65. The summed E-state index contributed by atoms with van der Waals surface area (Å²) in [5, 5.41) is 10.1. The molecule has 0 radical (unpaired) electrons. The summed E-state index contributed by atoms with van der Waals surface area (Å²) in [6.45, 7) is 4.40. The monoisotopic (exact) mass is 410 g/mol. The van der Waals surface area contributed by atoms with E-state index in [1.165, 1.54) is 0 Å². The minimum atomic E-state index is -2.92. The van der Waals surface area contributed by atoms with E-state index >= 15 is 0 Å². The third-order valence-electron chi connectivity index (χ3n) is 6.15. The van der Waals surface area contributed by atoms with E-state index in [-0.39, 0.29) is 41.9 Å². The van der Waals surface area contributed by atoms with Crippen LogP contribution in [0.15, 0.2) is 24.3 Å². The van der Waals surface area contributed by atoms with Crippen molar-refractivity contribution < 1.29 is 23.1 Å². The minimum Gasteiger partial charge on any atom is -0.497 e. The Labute approximate surface area is 167 Å². The molecule has 156 valence electrons. The summed E-state index contributed by atoms with van der Waals surface area (Å²) in [6, 6.07) is 6.78. The number of amides is 1. The van der Waals surface area contributed by atoms with Crippen LogP contribution >= 0.6 is 0 Å². The number of sulfone groups is 1. The quantitative estimate of drug-likeness (QED) is 0.749. The Morgan fingerprint density at radius 2 is 1.86 bits per heavy atom. The van der Waals surface area contributed by atoms with Crippen molar-refractivity contribution in [1.29, 1.82) is 0 Å². The van der Waals surface area contributed by atoms with Crippen LogP contribution in [0, 0.1) is 11.8 Å². The average molecular weight is 411 g/mol. The summed E-state index contributed by atoms with van der Waals surface area (Å²) >= 11 is 0. The van der Waals surface area contributed by atoms with Crippen LogP contribution in [-0.4, -0.2) is 86.7 Å². The van der Waals surface area contributed by atoms with Crippen molar-refractivity contribution in [3.8, 4) is 5.75 Å². The largest absolute Gasteiger partial charge is 0.497 e. The summed E-state index contributed by atoms with van der Waals surface area (Å²) in [4.78, 5) is 17.0. The van der Waals surface area contributed by atoms with E-state index in [0.717, 1.165) is 6.42 Å². The summed E-state index contributed by atoms with van der Waals surface area (Å²) in [5.74, 6) is 1.42. The highest BCUT2D eigenvalue weighted by Crippen LogP contribution is 2.34. The number of hydrogen-bond donors (Lipinski definition) is 1. The van der Waals surface area contributed by atoms with Crippen LogP contribution in [0.5, 0.6) is 5.75 Å². The topological polar surface area (TPSA) is 87.2 Å². The normalized spacial score (nSPS) is 27.7. The van der Waals surface area contributed by atoms with Gasteiger partial charge in [-0.3, -0.25) is 4.79 Å². The van der Waals surface area contributed by atoms with Crippen molar-refractivity contribution in [2.24, 2.45) is 11.8 Å². The van der Waals surface area contributed by atoms with Gasteiger partial charge in [-0.25, -0.2) is 8.42 Å². The maximum atomic E-state index is 13.1. The van der Waals surface area contributed by atoms with Gasteiger partial charge in [0, 0.05) is 31.7 Å². The molecule has 2 fully saturated rings. The molecule has 7 nitrogen and oxygen atoms in total. The van der Waals surface area contributed by atoms with Crippen molar-refractivity contribution in [2.75, 3.05) is 51.4 Å². The Kier molecular flexibility index (Phi) is 6.62. The molecule has 8 heteroatoms. The first-order valence-corrected chi connectivity index (χ1v) is 11.7. The summed E-state index contributed by atoms with van der Waals surface area (Å²) in [7, 11) is -1.33. The van der Waals surface area contributed by atoms with E-state index < -0.39 is 9.84 Å². The van der Waals surface area contributed by atoms with E-state index in [1.807, 2.05) is 0 Å². The van der Waals surface area contributed by atoms with Crippen molar-refractivity contribution in [3.63, 3.8) is 0 Å². The van der Waals surface area contributed by atoms with Crippen LogP contribution in [0.2, 0.25) is 0 Å². The Balaban J connectivity index is 1.73. The SMILES string of the molecule is CC[C@@H]1CN(C(=O)c2ccc(OC)cc2)[C@H](CO)[C@@H]1CN1CCS(=O)(=O)CC1. The third-order valence-corrected chi connectivity index (χ3v) is 7.76. The number of ether oxygens (including phenoxy) is 1. The Bertz CT molecular complexity index is 766. The first-order valence-electron chi connectivity index (χ1n) is 9.87. The molecule has 3 rings (SSSR count). The number of aliphatic hydroxyl groups is 1. The van der Waals surface area contributed by atoms with Crippen molar-refractivity contribution in [3.05, 3.63) is 29.8 Å². The molecule has 28 heavy (non-hydrogen) atoms. The lowest BCUT2D eigenvalue weighted by atomic mass is 9.88. The number of benzene rings is 1. The lowest BCUT2D eigenvalue weighted by Gasteiger charge is -2.33. The molecule has 2 saturated heterocycles. The molecule has 2 aliphatic rings. The molecule has 1 aromatic rings. The molecule has 0 aliphatic carbocycles. The fourth-order valence-electron chi connectivity index (χ4n) is 4.37. The lowest BCUT2D eigenvalue weighted by Crippen LogP contribution is -2.47. The second-order valence-corrected chi connectivity index (χ2v) is 10.0. The predicted molar refractivity (Wildman–Crippen MR) is 107 cm³/mol. The lowest BCUT2D eigenvalue weighted by molar-refractivity contribution is 0.0619. The van der Waals surface area contributed by atoms with Gasteiger partial charge in [0.05, 0.1) is 31.3 Å². The summed E-state index contributed by atoms with van der Waals surface area (Å²) in [5.41, 5.74) is 0.582. The predicted octanol–water partition coefficient (Wildman–Crippen LogP) is 0.885. The van der Waals surface area contributed by atoms with Gasteiger partial charge in [-0.05, 0) is 36.1 Å². The molecule has 1 N–H and O–H groups in total. The average Bonchev–Trinajstić information content (AvgIpc) is 3.06. The van der Waals surface area contributed by atoms with Crippen LogP contribution < -0.4 is 4.74 Å². The maximum absolute atomic E-state index is 13.1. The smallest absolute Gasteiger partial charge is 0.254 e. The molecule has 0 aromatic heterocycles. The van der Waals surface area contributed by atoms with Crippen molar-refractivity contribution >= 4 is 15.7 Å². The first-order chi connectivity index (χ1) is 13.4. The van der Waals surface area contributed by atoms with Crippen LogP contribution in [0.3, 0.4) is 0 Å². The molecule has 0 bridgehead atoms. The molecule has 3 atom stereocenters. The number of nitrogens with zero attached hydrogens (tertiary/aromatic N) is 2. The second kappa shape index (κ2) is 8.80. The Hall–Kier alpha value is -1.64. The van der Waals surface area contributed by atoms with Crippen LogP contribution in [0.4, 0.5) is 0 Å². The number of carbonyl (C=O) groups excluding carboxylic acids is 1. The minimum absolute atomic E-state index is 0.0797. The third kappa shape index (κ3) is 4.50. The molecular formula is C20H30N2O5S. The van der Waals surface area contributed by atoms with Gasteiger partial charge in [0.2, 0.25) is 0 Å². The number of carbonyl (C=O) groups is 1. The number of hydrogen-bond acceptors (Lipinski definition) is 6. The van der Waals surface area contributed by atoms with E-state index in [1.54, 1.807) is 36.3 Å².